The number of nitrogens with zero attached hydrogens (tertiary/aromatic N) is 3. The average molecular weight is 358 g/mol. The molecule has 3 aromatic rings. The molecule has 9 nitrogen and oxygen atoms in total. The molecule has 0 aliphatic carbocycles. The van der Waals surface area contributed by atoms with E-state index in [1.807, 2.05) is 0 Å². The number of rotatable bonds is 2. The Morgan fingerprint density at radius 2 is 1.67 bits per heavy atom. The Kier molecular flexibility index (Phi) is 4.88. The monoisotopic (exact) mass is 358 g/mol. The van der Waals surface area contributed by atoms with Gasteiger partial charge < -0.3 is 9.54 Å². The van der Waals surface area contributed by atoms with Crippen LogP contribution in [0.4, 0.5) is 0 Å². The van der Waals surface area contributed by atoms with Crippen molar-refractivity contribution < 1.29 is 42.5 Å². The number of hydrogen-bond acceptors (Lipinski definition) is 6. The molecular weight excluding hydrogens is 347 g/mol. The molecule has 1 aromatic carbocycles. The fourth-order valence-electron chi connectivity index (χ4n) is 2.24. The fraction of sp³-hybridized carbons (Fsp3) is 0.154. The summed E-state index contributed by atoms with van der Waals surface area (Å²) in [5.74, 6) is 0.285. The van der Waals surface area contributed by atoms with Gasteiger partial charge in [-0.2, -0.15) is 0 Å². The van der Waals surface area contributed by atoms with Gasteiger partial charge in [0.1, 0.15) is 21.5 Å². The molecule has 0 saturated carbocycles. The summed E-state index contributed by atoms with van der Waals surface area (Å²) >= 11 is 0. The SMILES string of the molecule is Cn1c(=O)c2[nH]c(-c3ccc(S(=O)(=O)[O-])cc3)nc2n(C)c1=O.[Na+]. The third kappa shape index (κ3) is 2.98. The Bertz CT molecular complexity index is 1140. The van der Waals surface area contributed by atoms with Crippen molar-refractivity contribution in [3.8, 4) is 11.4 Å². The topological polar surface area (TPSA) is 130 Å². The molecule has 0 bridgehead atoms. The second-order valence-electron chi connectivity index (χ2n) is 4.97. The van der Waals surface area contributed by atoms with Gasteiger partial charge in [0, 0.05) is 19.7 Å². The van der Waals surface area contributed by atoms with E-state index in [0.29, 0.717) is 5.56 Å². The van der Waals surface area contributed by atoms with Crippen LogP contribution >= 0.6 is 0 Å². The van der Waals surface area contributed by atoms with Crippen molar-refractivity contribution in [2.45, 2.75) is 4.90 Å². The number of imidazole rings is 1. The molecule has 0 fully saturated rings. The van der Waals surface area contributed by atoms with E-state index in [2.05, 4.69) is 9.97 Å². The molecule has 11 heteroatoms. The van der Waals surface area contributed by atoms with E-state index in [9.17, 15) is 22.6 Å². The molecule has 2 aromatic heterocycles. The van der Waals surface area contributed by atoms with E-state index >= 15 is 0 Å². The molecule has 0 aliphatic heterocycles. The summed E-state index contributed by atoms with van der Waals surface area (Å²) in [5, 5.41) is 0. The van der Waals surface area contributed by atoms with Gasteiger partial charge in [-0.05, 0) is 12.1 Å². The molecule has 0 unspecified atom stereocenters. The first-order valence-corrected chi connectivity index (χ1v) is 7.83. The summed E-state index contributed by atoms with van der Waals surface area (Å²) < 4.78 is 35.0. The maximum absolute atomic E-state index is 12.1. The van der Waals surface area contributed by atoms with Crippen LogP contribution in [-0.2, 0) is 24.2 Å². The predicted molar refractivity (Wildman–Crippen MR) is 80.0 cm³/mol. The summed E-state index contributed by atoms with van der Waals surface area (Å²) in [7, 11) is -1.68. The maximum atomic E-state index is 12.1. The molecule has 0 atom stereocenters. The Morgan fingerprint density at radius 1 is 1.08 bits per heavy atom. The van der Waals surface area contributed by atoms with Gasteiger partial charge in [0.2, 0.25) is 0 Å². The van der Waals surface area contributed by atoms with E-state index in [0.717, 1.165) is 16.7 Å². The number of hydrogen-bond donors (Lipinski definition) is 1. The standard InChI is InChI=1S/C13H12N4O5S.Na/c1-16-11-9(12(18)17(2)13(16)19)14-10(15-11)7-3-5-8(6-4-7)23(20,21)22;/h3-6H,1-2H3,(H,14,15)(H,20,21,22);/q;+1/p-1. The van der Waals surface area contributed by atoms with Gasteiger partial charge in [0.15, 0.2) is 5.65 Å². The summed E-state index contributed by atoms with van der Waals surface area (Å²) in [5.41, 5.74) is -0.198. The number of H-pyrrole nitrogens is 1. The van der Waals surface area contributed by atoms with Crippen LogP contribution in [-0.4, -0.2) is 32.1 Å². The van der Waals surface area contributed by atoms with Crippen LogP contribution in [0.5, 0.6) is 0 Å². The normalized spacial score (nSPS) is 11.5. The van der Waals surface area contributed by atoms with Crippen molar-refractivity contribution in [3.63, 3.8) is 0 Å². The van der Waals surface area contributed by atoms with Crippen molar-refractivity contribution in [2.75, 3.05) is 0 Å². The number of aromatic amines is 1. The zero-order valence-electron chi connectivity index (χ0n) is 13.1. The van der Waals surface area contributed by atoms with Gasteiger partial charge in [-0.3, -0.25) is 13.9 Å². The molecule has 24 heavy (non-hydrogen) atoms. The predicted octanol–water partition coefficient (Wildman–Crippen LogP) is -3.46. The van der Waals surface area contributed by atoms with Crippen LogP contribution in [0.15, 0.2) is 38.8 Å². The van der Waals surface area contributed by atoms with Crippen LogP contribution < -0.4 is 40.8 Å². The van der Waals surface area contributed by atoms with Gasteiger partial charge in [0.25, 0.3) is 5.56 Å². The van der Waals surface area contributed by atoms with Crippen molar-refractivity contribution in [1.82, 2.24) is 19.1 Å². The molecule has 1 N–H and O–H groups in total. The zero-order valence-corrected chi connectivity index (χ0v) is 15.9. The first kappa shape index (κ1) is 18.6. The molecule has 0 amide bonds. The van der Waals surface area contributed by atoms with Crippen LogP contribution in [0.1, 0.15) is 0 Å². The number of benzene rings is 1. The number of aryl methyl sites for hydroxylation is 1. The fourth-order valence-corrected chi connectivity index (χ4v) is 2.71. The van der Waals surface area contributed by atoms with Crippen LogP contribution in [0.3, 0.4) is 0 Å². The Morgan fingerprint density at radius 3 is 2.21 bits per heavy atom. The largest absolute Gasteiger partial charge is 1.00 e. The molecule has 120 valence electrons. The first-order chi connectivity index (χ1) is 10.7. The molecule has 0 aliphatic rings. The number of nitrogens with one attached hydrogen (secondary N) is 1. The van der Waals surface area contributed by atoms with Gasteiger partial charge in [-0.15, -0.1) is 0 Å². The Labute approximate surface area is 158 Å². The summed E-state index contributed by atoms with van der Waals surface area (Å²) in [4.78, 5) is 30.6. The van der Waals surface area contributed by atoms with Crippen molar-refractivity contribution in [1.29, 1.82) is 0 Å². The first-order valence-electron chi connectivity index (χ1n) is 6.42. The number of aromatic nitrogens is 4. The summed E-state index contributed by atoms with van der Waals surface area (Å²) in [6, 6.07) is 5.10. The quantitative estimate of drug-likeness (QED) is 0.374. The van der Waals surface area contributed by atoms with Gasteiger partial charge >= 0.3 is 35.2 Å². The van der Waals surface area contributed by atoms with E-state index < -0.39 is 21.4 Å². The van der Waals surface area contributed by atoms with Gasteiger partial charge in [-0.1, -0.05) is 12.1 Å². The second-order valence-corrected chi connectivity index (χ2v) is 6.35. The summed E-state index contributed by atoms with van der Waals surface area (Å²) in [6.45, 7) is 0. The maximum Gasteiger partial charge on any atom is 1.00 e. The van der Waals surface area contributed by atoms with Crippen LogP contribution in [0.2, 0.25) is 0 Å². The van der Waals surface area contributed by atoms with E-state index in [1.54, 1.807) is 0 Å². The Balaban J connectivity index is 0.00000208. The minimum absolute atomic E-state index is 0. The molecular formula is C13H11N4NaO5S. The zero-order chi connectivity index (χ0) is 16.9. The molecule has 0 radical (unpaired) electrons. The van der Waals surface area contributed by atoms with E-state index in [1.165, 1.54) is 30.8 Å². The van der Waals surface area contributed by atoms with Crippen LogP contribution in [0, 0.1) is 0 Å². The molecule has 0 spiro atoms. The third-order valence-electron chi connectivity index (χ3n) is 3.51. The van der Waals surface area contributed by atoms with Crippen molar-refractivity contribution in [3.05, 3.63) is 45.1 Å². The van der Waals surface area contributed by atoms with E-state index in [-0.39, 0.29) is 51.4 Å². The number of fused-ring (bicyclic) bond motifs is 1. The van der Waals surface area contributed by atoms with Crippen LogP contribution in [0.25, 0.3) is 22.6 Å². The average Bonchev–Trinajstić information content (AvgIpc) is 2.95. The second kappa shape index (κ2) is 6.30. The van der Waals surface area contributed by atoms with Crippen molar-refractivity contribution >= 4 is 21.3 Å². The third-order valence-corrected chi connectivity index (χ3v) is 4.36. The smallest absolute Gasteiger partial charge is 0.744 e. The minimum atomic E-state index is -4.53. The van der Waals surface area contributed by atoms with Gasteiger partial charge in [0.05, 0.1) is 4.90 Å². The Hall–Kier alpha value is -1.72. The molecule has 3 rings (SSSR count). The van der Waals surface area contributed by atoms with Crippen molar-refractivity contribution in [2.24, 2.45) is 14.1 Å². The van der Waals surface area contributed by atoms with E-state index in [4.69, 9.17) is 0 Å². The molecule has 0 saturated heterocycles. The minimum Gasteiger partial charge on any atom is -0.744 e. The molecule has 2 heterocycles. The summed E-state index contributed by atoms with van der Waals surface area (Å²) in [6.07, 6.45) is 0. The van der Waals surface area contributed by atoms with Gasteiger partial charge in [-0.25, -0.2) is 18.2 Å².